The Labute approximate surface area is 188 Å². The van der Waals surface area contributed by atoms with Crippen molar-refractivity contribution >= 4 is 0 Å². The lowest BCUT2D eigenvalue weighted by Gasteiger charge is -2.44. The molecular formula is C27H44O4. The Morgan fingerprint density at radius 1 is 1.13 bits per heavy atom. The molecule has 176 valence electrons. The molecule has 3 rings (SSSR count). The first-order chi connectivity index (χ1) is 14.3. The summed E-state index contributed by atoms with van der Waals surface area (Å²) in [6.45, 7) is 12.3. The van der Waals surface area contributed by atoms with Crippen molar-refractivity contribution < 1.29 is 20.4 Å². The molecule has 0 bridgehead atoms. The Bertz CT molecular complexity index is 726. The highest BCUT2D eigenvalue weighted by Gasteiger charge is 2.50. The molecule has 3 saturated carbocycles. The average molecular weight is 433 g/mol. The molecule has 0 spiro atoms. The molecule has 4 nitrogen and oxygen atoms in total. The van der Waals surface area contributed by atoms with Gasteiger partial charge in [-0.1, -0.05) is 43.7 Å². The summed E-state index contributed by atoms with van der Waals surface area (Å²) in [6, 6.07) is 0. The predicted molar refractivity (Wildman–Crippen MR) is 125 cm³/mol. The summed E-state index contributed by atoms with van der Waals surface area (Å²) in [6.07, 6.45) is 12.5. The quantitative estimate of drug-likeness (QED) is 0.444. The zero-order valence-corrected chi connectivity index (χ0v) is 20.0. The second-order valence-electron chi connectivity index (χ2n) is 11.5. The van der Waals surface area contributed by atoms with Crippen LogP contribution in [0.15, 0.2) is 35.5 Å². The van der Waals surface area contributed by atoms with Crippen molar-refractivity contribution in [2.45, 2.75) is 109 Å². The van der Waals surface area contributed by atoms with Crippen molar-refractivity contribution in [1.82, 2.24) is 0 Å². The summed E-state index contributed by atoms with van der Waals surface area (Å²) in [5.41, 5.74) is 2.74. The third kappa shape index (κ3) is 5.52. The minimum absolute atomic E-state index is 0.265. The summed E-state index contributed by atoms with van der Waals surface area (Å²) in [5, 5.41) is 40.4. The summed E-state index contributed by atoms with van der Waals surface area (Å²) in [5.74, 6) is 0.130. The molecule has 0 aliphatic heterocycles. The van der Waals surface area contributed by atoms with Gasteiger partial charge in [-0.05, 0) is 94.0 Å². The van der Waals surface area contributed by atoms with Crippen LogP contribution in [0.5, 0.6) is 0 Å². The molecule has 0 heterocycles. The third-order valence-electron chi connectivity index (χ3n) is 8.69. The highest BCUT2D eigenvalue weighted by molar-refractivity contribution is 5.36. The van der Waals surface area contributed by atoms with Crippen LogP contribution in [0, 0.1) is 23.2 Å². The van der Waals surface area contributed by atoms with Gasteiger partial charge in [-0.2, -0.15) is 0 Å². The fourth-order valence-corrected chi connectivity index (χ4v) is 6.60. The van der Waals surface area contributed by atoms with Crippen LogP contribution < -0.4 is 0 Å². The van der Waals surface area contributed by atoms with E-state index in [9.17, 15) is 20.4 Å². The van der Waals surface area contributed by atoms with Crippen molar-refractivity contribution in [1.29, 1.82) is 0 Å². The van der Waals surface area contributed by atoms with Crippen molar-refractivity contribution in [3.05, 3.63) is 35.5 Å². The molecule has 4 heteroatoms. The molecule has 0 saturated heterocycles. The molecule has 0 aromatic rings. The number of hydrogen-bond donors (Lipinski definition) is 4. The van der Waals surface area contributed by atoms with Gasteiger partial charge >= 0.3 is 0 Å². The van der Waals surface area contributed by atoms with E-state index >= 15 is 0 Å². The topological polar surface area (TPSA) is 80.9 Å². The SMILES string of the molecule is C=C1CCC(O)(O)C/C1=C/C=C1\CCC[C@]2(C)[C@@H]([C@H](C)CCC(O)C(C)(C)O)CC[C@@H]12. The Morgan fingerprint density at radius 2 is 1.84 bits per heavy atom. The van der Waals surface area contributed by atoms with Crippen LogP contribution in [-0.2, 0) is 0 Å². The van der Waals surface area contributed by atoms with Crippen LogP contribution in [0.25, 0.3) is 0 Å². The molecule has 0 amide bonds. The zero-order chi connectivity index (χ0) is 23.0. The van der Waals surface area contributed by atoms with Gasteiger partial charge < -0.3 is 20.4 Å². The van der Waals surface area contributed by atoms with Crippen molar-refractivity contribution in [2.24, 2.45) is 23.2 Å². The van der Waals surface area contributed by atoms with Gasteiger partial charge in [0.25, 0.3) is 0 Å². The molecule has 0 aromatic heterocycles. The molecule has 0 radical (unpaired) electrons. The summed E-state index contributed by atoms with van der Waals surface area (Å²) >= 11 is 0. The van der Waals surface area contributed by atoms with Crippen LogP contribution in [-0.4, -0.2) is 37.9 Å². The van der Waals surface area contributed by atoms with Gasteiger partial charge in [-0.15, -0.1) is 0 Å². The third-order valence-corrected chi connectivity index (χ3v) is 8.69. The molecule has 3 aliphatic rings. The van der Waals surface area contributed by atoms with Crippen molar-refractivity contribution in [2.75, 3.05) is 0 Å². The van der Waals surface area contributed by atoms with Crippen LogP contribution in [0.1, 0.15) is 91.9 Å². The molecule has 31 heavy (non-hydrogen) atoms. The lowest BCUT2D eigenvalue weighted by molar-refractivity contribution is -0.166. The average Bonchev–Trinajstić information content (AvgIpc) is 3.03. The van der Waals surface area contributed by atoms with E-state index in [-0.39, 0.29) is 11.8 Å². The summed E-state index contributed by atoms with van der Waals surface area (Å²) in [4.78, 5) is 0. The van der Waals surface area contributed by atoms with E-state index < -0.39 is 17.5 Å². The smallest absolute Gasteiger partial charge is 0.166 e. The van der Waals surface area contributed by atoms with Gasteiger partial charge in [0, 0.05) is 12.8 Å². The van der Waals surface area contributed by atoms with E-state index in [0.29, 0.717) is 37.0 Å². The number of allylic oxidation sites excluding steroid dienone is 4. The molecule has 3 fully saturated rings. The Hall–Kier alpha value is -0.940. The molecule has 1 unspecified atom stereocenters. The minimum atomic E-state index is -1.60. The van der Waals surface area contributed by atoms with Crippen molar-refractivity contribution in [3.63, 3.8) is 0 Å². The predicted octanol–water partition coefficient (Wildman–Crippen LogP) is 5.02. The van der Waals surface area contributed by atoms with Gasteiger partial charge in [0.1, 0.15) is 0 Å². The van der Waals surface area contributed by atoms with Gasteiger partial charge in [0.05, 0.1) is 11.7 Å². The van der Waals surface area contributed by atoms with Gasteiger partial charge in [0.2, 0.25) is 0 Å². The first kappa shape index (κ1) is 24.7. The lowest BCUT2D eigenvalue weighted by Crippen LogP contribution is -2.38. The van der Waals surface area contributed by atoms with E-state index in [1.807, 2.05) is 0 Å². The fourth-order valence-electron chi connectivity index (χ4n) is 6.60. The summed E-state index contributed by atoms with van der Waals surface area (Å²) < 4.78 is 0. The maximum Gasteiger partial charge on any atom is 0.166 e. The molecule has 0 aromatic carbocycles. The van der Waals surface area contributed by atoms with E-state index in [2.05, 4.69) is 32.6 Å². The standard InChI is InChI=1S/C27H44O4/c1-18-14-16-27(30,31)17-21(18)10-9-20-7-6-15-26(5)22(11-12-23(20)26)19(2)8-13-24(28)25(3,4)29/h9-10,19,22-24,28-31H,1,6-8,11-17H2,2-5H3/b20-9+,21-10-/t19-,22-,23+,24?,26-/m1/s1. The normalized spacial score (nSPS) is 35.9. The largest absolute Gasteiger partial charge is 0.390 e. The second-order valence-corrected chi connectivity index (χ2v) is 11.5. The zero-order valence-electron chi connectivity index (χ0n) is 20.0. The Balaban J connectivity index is 1.71. The van der Waals surface area contributed by atoms with Crippen LogP contribution >= 0.6 is 0 Å². The van der Waals surface area contributed by atoms with Gasteiger partial charge in [-0.3, -0.25) is 0 Å². The van der Waals surface area contributed by atoms with E-state index in [1.165, 1.54) is 31.3 Å². The first-order valence-corrected chi connectivity index (χ1v) is 12.3. The molecular weight excluding hydrogens is 388 g/mol. The number of rotatable bonds is 6. The minimum Gasteiger partial charge on any atom is -0.390 e. The van der Waals surface area contributed by atoms with E-state index in [0.717, 1.165) is 24.0 Å². The number of aliphatic hydroxyl groups is 4. The molecule has 5 atom stereocenters. The van der Waals surface area contributed by atoms with E-state index in [4.69, 9.17) is 0 Å². The summed E-state index contributed by atoms with van der Waals surface area (Å²) in [7, 11) is 0. The number of aliphatic hydroxyl groups excluding tert-OH is 1. The monoisotopic (exact) mass is 432 g/mol. The van der Waals surface area contributed by atoms with Crippen LogP contribution in [0.4, 0.5) is 0 Å². The Kier molecular flexibility index (Phi) is 7.27. The highest BCUT2D eigenvalue weighted by atomic mass is 16.5. The van der Waals surface area contributed by atoms with E-state index in [1.54, 1.807) is 13.8 Å². The molecule has 3 aliphatic carbocycles. The van der Waals surface area contributed by atoms with Crippen molar-refractivity contribution in [3.8, 4) is 0 Å². The highest BCUT2D eigenvalue weighted by Crippen LogP contribution is 2.60. The van der Waals surface area contributed by atoms with Crippen LogP contribution in [0.3, 0.4) is 0 Å². The number of hydrogen-bond acceptors (Lipinski definition) is 4. The first-order valence-electron chi connectivity index (χ1n) is 12.3. The van der Waals surface area contributed by atoms with Crippen LogP contribution in [0.2, 0.25) is 0 Å². The van der Waals surface area contributed by atoms with Gasteiger partial charge in [0.15, 0.2) is 5.79 Å². The van der Waals surface area contributed by atoms with Gasteiger partial charge in [-0.25, -0.2) is 0 Å². The second kappa shape index (κ2) is 9.13. The maximum atomic E-state index is 10.3. The lowest BCUT2D eigenvalue weighted by atomic mass is 9.60. The fraction of sp³-hybridized carbons (Fsp3) is 0.778. The molecule has 4 N–H and O–H groups in total. The number of fused-ring (bicyclic) bond motifs is 1. The Morgan fingerprint density at radius 3 is 2.52 bits per heavy atom. The maximum absolute atomic E-state index is 10.3.